The Kier molecular flexibility index (Phi) is 24.9. The molecule has 300 valence electrons. The van der Waals surface area contributed by atoms with Crippen LogP contribution in [0.25, 0.3) is 0 Å². The SMILES string of the molecule is C/C=C\C/C=C\C/C=C\CCCCCCCC(=O)OC[C@H](CO[C@@H]1O[C@H](CO)[C@H](O)[C@H](O)[C@H]1O)OC(=O)CCCCCC1C=CC(=O)C1C/C=C\CC. The zero-order valence-electron chi connectivity index (χ0n) is 32.0. The summed E-state index contributed by atoms with van der Waals surface area (Å²) in [6.07, 6.45) is 25.2. The van der Waals surface area contributed by atoms with E-state index in [4.69, 9.17) is 18.9 Å². The second-order valence-electron chi connectivity index (χ2n) is 13.9. The van der Waals surface area contributed by atoms with Gasteiger partial charge in [0.05, 0.1) is 13.2 Å². The van der Waals surface area contributed by atoms with Crippen LogP contribution in [-0.4, -0.2) is 94.8 Å². The lowest BCUT2D eigenvalue weighted by molar-refractivity contribution is -0.305. The molecular weight excluding hydrogens is 680 g/mol. The van der Waals surface area contributed by atoms with Crippen LogP contribution in [0.2, 0.25) is 0 Å². The topological polar surface area (TPSA) is 169 Å². The number of aliphatic hydroxyl groups excluding tert-OH is 4. The molecule has 0 aromatic heterocycles. The number of carbonyl (C=O) groups is 3. The van der Waals surface area contributed by atoms with E-state index in [0.717, 1.165) is 77.0 Å². The molecular formula is C42H66O11. The maximum Gasteiger partial charge on any atom is 0.306 e. The monoisotopic (exact) mass is 746 g/mol. The number of unbranched alkanes of at least 4 members (excludes halogenated alkanes) is 7. The van der Waals surface area contributed by atoms with Gasteiger partial charge in [0.1, 0.15) is 31.0 Å². The number of ketones is 1. The van der Waals surface area contributed by atoms with Gasteiger partial charge in [0.15, 0.2) is 18.2 Å². The van der Waals surface area contributed by atoms with Gasteiger partial charge in [0.25, 0.3) is 0 Å². The molecule has 4 N–H and O–H groups in total. The predicted octanol–water partition coefficient (Wildman–Crippen LogP) is 6.14. The van der Waals surface area contributed by atoms with Crippen molar-refractivity contribution in [2.75, 3.05) is 19.8 Å². The number of esters is 2. The van der Waals surface area contributed by atoms with Gasteiger partial charge in [-0.15, -0.1) is 0 Å². The summed E-state index contributed by atoms with van der Waals surface area (Å²) in [4.78, 5) is 37.6. The molecule has 0 spiro atoms. The molecule has 0 bridgehead atoms. The second-order valence-corrected chi connectivity index (χ2v) is 13.9. The molecule has 2 rings (SSSR count). The Morgan fingerprint density at radius 1 is 0.811 bits per heavy atom. The van der Waals surface area contributed by atoms with E-state index in [1.807, 2.05) is 19.1 Å². The largest absolute Gasteiger partial charge is 0.462 e. The highest BCUT2D eigenvalue weighted by molar-refractivity contribution is 5.94. The zero-order chi connectivity index (χ0) is 38.7. The van der Waals surface area contributed by atoms with Crippen LogP contribution in [-0.2, 0) is 33.3 Å². The summed E-state index contributed by atoms with van der Waals surface area (Å²) in [6, 6.07) is 0. The molecule has 0 aromatic rings. The van der Waals surface area contributed by atoms with E-state index in [1.54, 1.807) is 6.08 Å². The molecule has 0 saturated carbocycles. The molecule has 1 fully saturated rings. The van der Waals surface area contributed by atoms with Crippen LogP contribution in [0.4, 0.5) is 0 Å². The van der Waals surface area contributed by atoms with Gasteiger partial charge in [-0.05, 0) is 76.7 Å². The molecule has 8 atom stereocenters. The van der Waals surface area contributed by atoms with Crippen molar-refractivity contribution < 1.29 is 53.8 Å². The molecule has 11 heteroatoms. The Bertz CT molecular complexity index is 1170. The molecule has 0 radical (unpaired) electrons. The third kappa shape index (κ3) is 19.3. The van der Waals surface area contributed by atoms with Crippen molar-refractivity contribution in [2.24, 2.45) is 11.8 Å². The minimum Gasteiger partial charge on any atom is -0.462 e. The molecule has 11 nitrogen and oxygen atoms in total. The molecule has 1 aliphatic heterocycles. The van der Waals surface area contributed by atoms with E-state index in [2.05, 4.69) is 49.5 Å². The average molecular weight is 747 g/mol. The van der Waals surface area contributed by atoms with Gasteiger partial charge in [-0.3, -0.25) is 14.4 Å². The van der Waals surface area contributed by atoms with E-state index in [0.29, 0.717) is 12.8 Å². The minimum atomic E-state index is -1.62. The highest BCUT2D eigenvalue weighted by atomic mass is 16.7. The van der Waals surface area contributed by atoms with Gasteiger partial charge < -0.3 is 39.4 Å². The van der Waals surface area contributed by atoms with E-state index in [-0.39, 0.29) is 43.7 Å². The van der Waals surface area contributed by atoms with Crippen LogP contribution in [0.5, 0.6) is 0 Å². The summed E-state index contributed by atoms with van der Waals surface area (Å²) in [5.74, 6) is -0.567. The number of hydrogen-bond donors (Lipinski definition) is 4. The lowest BCUT2D eigenvalue weighted by Gasteiger charge is -2.39. The first-order valence-corrected chi connectivity index (χ1v) is 19.8. The Labute approximate surface area is 316 Å². The number of aliphatic hydroxyl groups is 4. The lowest BCUT2D eigenvalue weighted by atomic mass is 9.87. The van der Waals surface area contributed by atoms with Gasteiger partial charge in [-0.25, -0.2) is 0 Å². The van der Waals surface area contributed by atoms with E-state index in [1.165, 1.54) is 0 Å². The summed E-state index contributed by atoms with van der Waals surface area (Å²) < 4.78 is 22.1. The second kappa shape index (κ2) is 28.5. The third-order valence-electron chi connectivity index (χ3n) is 9.49. The number of allylic oxidation sites excluding steroid dienone is 10. The van der Waals surface area contributed by atoms with Crippen molar-refractivity contribution in [1.29, 1.82) is 0 Å². The molecule has 0 aromatic carbocycles. The summed E-state index contributed by atoms with van der Waals surface area (Å²) in [5.41, 5.74) is 0. The Hall–Kier alpha value is -2.93. The smallest absolute Gasteiger partial charge is 0.306 e. The van der Waals surface area contributed by atoms with Crippen molar-refractivity contribution in [3.63, 3.8) is 0 Å². The van der Waals surface area contributed by atoms with Crippen molar-refractivity contribution in [3.05, 3.63) is 60.8 Å². The standard InChI is InChI=1S/C42H66O11/c1-3-5-7-8-9-10-11-12-13-14-15-16-17-21-25-37(45)50-30-33(31-51-42-41(49)40(48)39(47)36(29-43)53-42)52-38(46)26-22-18-20-23-32-27-28-35(44)34(32)24-19-6-4-2/h3,5-6,8-9,11-12,19,27-28,32-34,36,39-43,47-49H,4,7,10,13-18,20-26,29-31H2,1-2H3/b5-3-,9-8-,12-11-,19-6-/t32?,33-,34?,36-,39+,40+,41-,42-/m1/s1. The van der Waals surface area contributed by atoms with Crippen LogP contribution in [0, 0.1) is 11.8 Å². The quantitative estimate of drug-likeness (QED) is 0.0413. The van der Waals surface area contributed by atoms with Gasteiger partial charge >= 0.3 is 11.9 Å². The van der Waals surface area contributed by atoms with Gasteiger partial charge in [-0.1, -0.05) is 93.7 Å². The first-order chi connectivity index (χ1) is 25.7. The number of ether oxygens (including phenoxy) is 4. The third-order valence-corrected chi connectivity index (χ3v) is 9.49. The Balaban J connectivity index is 1.75. The Morgan fingerprint density at radius 2 is 1.49 bits per heavy atom. The molecule has 1 heterocycles. The van der Waals surface area contributed by atoms with Gasteiger partial charge in [0.2, 0.25) is 0 Å². The van der Waals surface area contributed by atoms with Crippen LogP contribution in [0.15, 0.2) is 60.8 Å². The fourth-order valence-corrected chi connectivity index (χ4v) is 6.30. The first kappa shape index (κ1) is 46.2. The number of rotatable bonds is 28. The highest BCUT2D eigenvalue weighted by Crippen LogP contribution is 2.30. The Morgan fingerprint density at radius 3 is 2.23 bits per heavy atom. The van der Waals surface area contributed by atoms with Crippen molar-refractivity contribution in [3.8, 4) is 0 Å². The van der Waals surface area contributed by atoms with Gasteiger partial charge in [-0.2, -0.15) is 0 Å². The molecule has 2 unspecified atom stereocenters. The average Bonchev–Trinajstić information content (AvgIpc) is 3.50. The predicted molar refractivity (Wildman–Crippen MR) is 203 cm³/mol. The van der Waals surface area contributed by atoms with Gasteiger partial charge in [0, 0.05) is 18.8 Å². The zero-order valence-corrected chi connectivity index (χ0v) is 32.0. The highest BCUT2D eigenvalue weighted by Gasteiger charge is 2.44. The maximum atomic E-state index is 12.8. The minimum absolute atomic E-state index is 0.0151. The fourth-order valence-electron chi connectivity index (χ4n) is 6.30. The molecule has 0 amide bonds. The summed E-state index contributed by atoms with van der Waals surface area (Å²) in [6.45, 7) is 2.88. The fraction of sp³-hybridized carbons (Fsp3) is 0.690. The number of carbonyl (C=O) groups excluding carboxylic acids is 3. The van der Waals surface area contributed by atoms with Crippen molar-refractivity contribution in [2.45, 2.75) is 153 Å². The molecule has 1 saturated heterocycles. The maximum absolute atomic E-state index is 12.8. The lowest BCUT2D eigenvalue weighted by Crippen LogP contribution is -2.59. The normalized spacial score (nSPS) is 25.4. The first-order valence-electron chi connectivity index (χ1n) is 19.8. The summed E-state index contributed by atoms with van der Waals surface area (Å²) in [7, 11) is 0. The van der Waals surface area contributed by atoms with Crippen LogP contribution in [0.3, 0.4) is 0 Å². The summed E-state index contributed by atoms with van der Waals surface area (Å²) >= 11 is 0. The van der Waals surface area contributed by atoms with Crippen LogP contribution in [0.1, 0.15) is 117 Å². The van der Waals surface area contributed by atoms with Crippen molar-refractivity contribution >= 4 is 17.7 Å². The molecule has 1 aliphatic carbocycles. The van der Waals surface area contributed by atoms with Crippen LogP contribution < -0.4 is 0 Å². The molecule has 53 heavy (non-hydrogen) atoms. The summed E-state index contributed by atoms with van der Waals surface area (Å²) in [5, 5.41) is 40.0. The number of hydrogen-bond acceptors (Lipinski definition) is 11. The van der Waals surface area contributed by atoms with Crippen molar-refractivity contribution in [1.82, 2.24) is 0 Å². The van der Waals surface area contributed by atoms with Crippen LogP contribution >= 0.6 is 0 Å². The van der Waals surface area contributed by atoms with E-state index >= 15 is 0 Å². The van der Waals surface area contributed by atoms with E-state index in [9.17, 15) is 34.8 Å². The molecule has 2 aliphatic rings. The van der Waals surface area contributed by atoms with E-state index < -0.39 is 55.4 Å².